The standard InChI is InChI=1S/C27H20IN3/c1-3-20(18-19(2)28)25-29-26(23-12-8-5-9-13-23)31-27(30-25)24-16-14-22(15-17-24)21-10-6-4-7-11-21/h3-18H,1-2H2/b20-18+. The summed E-state index contributed by atoms with van der Waals surface area (Å²) in [5.41, 5.74) is 4.99. The molecule has 150 valence electrons. The minimum absolute atomic E-state index is 0.573. The molecule has 0 aliphatic carbocycles. The summed E-state index contributed by atoms with van der Waals surface area (Å²) >= 11 is 2.17. The van der Waals surface area contributed by atoms with E-state index >= 15 is 0 Å². The first kappa shape index (κ1) is 20.9. The fourth-order valence-electron chi connectivity index (χ4n) is 3.18. The van der Waals surface area contributed by atoms with Crippen molar-refractivity contribution in [3.05, 3.63) is 120 Å². The molecule has 3 nitrogen and oxygen atoms in total. The lowest BCUT2D eigenvalue weighted by Crippen LogP contribution is -2.02. The second-order valence-corrected chi connectivity index (χ2v) is 8.25. The van der Waals surface area contributed by atoms with Crippen molar-refractivity contribution in [1.82, 2.24) is 15.0 Å². The third kappa shape index (κ3) is 5.03. The minimum atomic E-state index is 0.573. The number of aromatic nitrogens is 3. The van der Waals surface area contributed by atoms with Crippen molar-refractivity contribution < 1.29 is 0 Å². The number of hydrogen-bond donors (Lipinski definition) is 0. The Kier molecular flexibility index (Phi) is 6.48. The molecule has 1 aromatic heterocycles. The predicted molar refractivity (Wildman–Crippen MR) is 137 cm³/mol. The number of nitrogens with zero attached hydrogens (tertiary/aromatic N) is 3. The van der Waals surface area contributed by atoms with Crippen LogP contribution >= 0.6 is 22.6 Å². The van der Waals surface area contributed by atoms with Crippen molar-refractivity contribution in [2.24, 2.45) is 0 Å². The first-order valence-corrected chi connectivity index (χ1v) is 10.9. The fourth-order valence-corrected chi connectivity index (χ4v) is 3.51. The highest BCUT2D eigenvalue weighted by atomic mass is 127. The molecule has 1 heterocycles. The number of rotatable bonds is 6. The van der Waals surface area contributed by atoms with Gasteiger partial charge in [0.2, 0.25) is 0 Å². The third-order valence-electron chi connectivity index (χ3n) is 4.71. The maximum Gasteiger partial charge on any atom is 0.164 e. The van der Waals surface area contributed by atoms with E-state index in [1.165, 1.54) is 5.56 Å². The summed E-state index contributed by atoms with van der Waals surface area (Å²) in [6.45, 7) is 7.89. The van der Waals surface area contributed by atoms with E-state index in [9.17, 15) is 0 Å². The number of benzene rings is 3. The van der Waals surface area contributed by atoms with Gasteiger partial charge >= 0.3 is 0 Å². The molecule has 0 amide bonds. The Balaban J connectivity index is 1.82. The van der Waals surface area contributed by atoms with E-state index in [4.69, 9.17) is 15.0 Å². The lowest BCUT2D eigenvalue weighted by atomic mass is 10.0. The van der Waals surface area contributed by atoms with Crippen LogP contribution in [0.3, 0.4) is 0 Å². The minimum Gasteiger partial charge on any atom is -0.208 e. The molecule has 0 aliphatic heterocycles. The van der Waals surface area contributed by atoms with Crippen molar-refractivity contribution >= 4 is 28.2 Å². The zero-order chi connectivity index (χ0) is 21.6. The average molecular weight is 513 g/mol. The zero-order valence-electron chi connectivity index (χ0n) is 16.9. The van der Waals surface area contributed by atoms with Crippen LogP contribution in [0.5, 0.6) is 0 Å². The Morgan fingerprint density at radius 2 is 1.10 bits per heavy atom. The SMILES string of the molecule is C=C/C(=C\C(=C)I)c1nc(-c2ccccc2)nc(-c2ccc(-c3ccccc3)cc2)n1. The molecule has 0 N–H and O–H groups in total. The van der Waals surface area contributed by atoms with Gasteiger partial charge in [-0.15, -0.1) is 0 Å². The molecule has 31 heavy (non-hydrogen) atoms. The summed E-state index contributed by atoms with van der Waals surface area (Å²) in [7, 11) is 0. The quantitative estimate of drug-likeness (QED) is 0.199. The van der Waals surface area contributed by atoms with Crippen LogP contribution in [0.2, 0.25) is 0 Å². The summed E-state index contributed by atoms with van der Waals surface area (Å²) in [5.74, 6) is 1.82. The van der Waals surface area contributed by atoms with Gasteiger partial charge in [-0.2, -0.15) is 0 Å². The van der Waals surface area contributed by atoms with Gasteiger partial charge in [-0.3, -0.25) is 0 Å². The lowest BCUT2D eigenvalue weighted by molar-refractivity contribution is 1.04. The molecule has 0 saturated carbocycles. The molecule has 0 fully saturated rings. The Morgan fingerprint density at radius 1 is 0.645 bits per heavy atom. The van der Waals surface area contributed by atoms with Crippen LogP contribution in [0.4, 0.5) is 0 Å². The molecule has 0 spiro atoms. The summed E-state index contributed by atoms with van der Waals surface area (Å²) < 4.78 is 0.878. The van der Waals surface area contributed by atoms with Crippen LogP contribution in [-0.2, 0) is 0 Å². The Hall–Kier alpha value is -3.38. The van der Waals surface area contributed by atoms with E-state index < -0.39 is 0 Å². The number of allylic oxidation sites excluding steroid dienone is 4. The molecule has 4 aromatic rings. The van der Waals surface area contributed by atoms with Gasteiger partial charge < -0.3 is 0 Å². The summed E-state index contributed by atoms with van der Waals surface area (Å²) in [6, 6.07) is 28.5. The molecular formula is C27H20IN3. The van der Waals surface area contributed by atoms with Crippen LogP contribution < -0.4 is 0 Å². The zero-order valence-corrected chi connectivity index (χ0v) is 19.0. The lowest BCUT2D eigenvalue weighted by Gasteiger charge is -2.09. The molecule has 0 bridgehead atoms. The van der Waals surface area contributed by atoms with E-state index in [2.05, 4.69) is 60.0 Å². The van der Waals surface area contributed by atoms with Crippen LogP contribution in [-0.4, -0.2) is 15.0 Å². The van der Waals surface area contributed by atoms with Gasteiger partial charge in [0.15, 0.2) is 17.5 Å². The third-order valence-corrected chi connectivity index (χ3v) is 5.02. The van der Waals surface area contributed by atoms with Crippen LogP contribution in [0, 0.1) is 0 Å². The van der Waals surface area contributed by atoms with Crippen molar-refractivity contribution in [3.8, 4) is 33.9 Å². The van der Waals surface area contributed by atoms with E-state index in [0.29, 0.717) is 17.5 Å². The van der Waals surface area contributed by atoms with Gasteiger partial charge in [-0.25, -0.2) is 15.0 Å². The van der Waals surface area contributed by atoms with Crippen molar-refractivity contribution in [2.45, 2.75) is 0 Å². The summed E-state index contributed by atoms with van der Waals surface area (Å²) in [6.07, 6.45) is 3.66. The van der Waals surface area contributed by atoms with E-state index in [-0.39, 0.29) is 0 Å². The smallest absolute Gasteiger partial charge is 0.164 e. The maximum absolute atomic E-state index is 4.76. The predicted octanol–water partition coefficient (Wildman–Crippen LogP) is 7.39. The van der Waals surface area contributed by atoms with Crippen molar-refractivity contribution in [1.29, 1.82) is 0 Å². The van der Waals surface area contributed by atoms with E-state index in [1.54, 1.807) is 6.08 Å². The highest BCUT2D eigenvalue weighted by molar-refractivity contribution is 14.1. The van der Waals surface area contributed by atoms with Gasteiger partial charge in [0.1, 0.15) is 0 Å². The molecule has 0 aliphatic rings. The van der Waals surface area contributed by atoms with Crippen LogP contribution in [0.25, 0.3) is 39.5 Å². The highest BCUT2D eigenvalue weighted by Crippen LogP contribution is 2.26. The normalized spacial score (nSPS) is 11.2. The molecule has 3 aromatic carbocycles. The Bertz CT molecular complexity index is 1240. The molecule has 0 unspecified atom stereocenters. The summed E-state index contributed by atoms with van der Waals surface area (Å²) in [5, 5.41) is 0. The first-order valence-electron chi connectivity index (χ1n) is 9.80. The second kappa shape index (κ2) is 9.62. The van der Waals surface area contributed by atoms with E-state index in [1.807, 2.05) is 66.7 Å². The highest BCUT2D eigenvalue weighted by Gasteiger charge is 2.12. The van der Waals surface area contributed by atoms with E-state index in [0.717, 1.165) is 25.8 Å². The summed E-state index contributed by atoms with van der Waals surface area (Å²) in [4.78, 5) is 14.2. The fraction of sp³-hybridized carbons (Fsp3) is 0. The Labute approximate surface area is 196 Å². The monoisotopic (exact) mass is 513 g/mol. The molecule has 4 rings (SSSR count). The van der Waals surface area contributed by atoms with Gasteiger partial charge in [-0.1, -0.05) is 104 Å². The first-order chi connectivity index (χ1) is 15.1. The van der Waals surface area contributed by atoms with Crippen molar-refractivity contribution in [2.75, 3.05) is 0 Å². The maximum atomic E-state index is 4.76. The van der Waals surface area contributed by atoms with Crippen LogP contribution in [0.15, 0.2) is 114 Å². The van der Waals surface area contributed by atoms with Crippen LogP contribution in [0.1, 0.15) is 5.82 Å². The number of hydrogen-bond acceptors (Lipinski definition) is 3. The number of halogens is 1. The second-order valence-electron chi connectivity index (χ2n) is 6.87. The van der Waals surface area contributed by atoms with Gasteiger partial charge in [0.05, 0.1) is 0 Å². The van der Waals surface area contributed by atoms with Gasteiger partial charge in [0, 0.05) is 20.3 Å². The molecule has 4 heteroatoms. The van der Waals surface area contributed by atoms with Gasteiger partial charge in [0.25, 0.3) is 0 Å². The topological polar surface area (TPSA) is 38.7 Å². The largest absolute Gasteiger partial charge is 0.208 e. The van der Waals surface area contributed by atoms with Gasteiger partial charge in [-0.05, 0) is 39.8 Å². The molecule has 0 atom stereocenters. The molecule has 0 saturated heterocycles. The molecule has 0 radical (unpaired) electrons. The van der Waals surface area contributed by atoms with Crippen molar-refractivity contribution in [3.63, 3.8) is 0 Å². The Morgan fingerprint density at radius 3 is 1.61 bits per heavy atom. The molecular weight excluding hydrogens is 493 g/mol. The average Bonchev–Trinajstić information content (AvgIpc) is 2.83.